The third-order valence-corrected chi connectivity index (χ3v) is 6.34. The summed E-state index contributed by atoms with van der Waals surface area (Å²) in [5.74, 6) is 0.883. The van der Waals surface area contributed by atoms with E-state index in [0.717, 1.165) is 75.0 Å². The molecule has 28 heavy (non-hydrogen) atoms. The normalized spacial score (nSPS) is 23.8. The Morgan fingerprint density at radius 1 is 1.25 bits per heavy atom. The largest absolute Gasteiger partial charge is 0.378 e. The van der Waals surface area contributed by atoms with Crippen LogP contribution < -0.4 is 4.90 Å². The summed E-state index contributed by atoms with van der Waals surface area (Å²) in [5, 5.41) is 4.36. The van der Waals surface area contributed by atoms with E-state index in [2.05, 4.69) is 19.9 Å². The van der Waals surface area contributed by atoms with Crippen LogP contribution in [0, 0.1) is 6.92 Å². The second kappa shape index (κ2) is 6.84. The van der Waals surface area contributed by atoms with Crippen LogP contribution in [-0.4, -0.2) is 62.9 Å². The van der Waals surface area contributed by atoms with Gasteiger partial charge in [0.2, 0.25) is 5.95 Å². The molecule has 2 aromatic heterocycles. The Bertz CT molecular complexity index is 904. The molecule has 0 spiro atoms. The number of aryl methyl sites for hydroxylation is 1. The second-order valence-electron chi connectivity index (χ2n) is 7.79. The SMILES string of the molecule is CCn1ncc(C(=O)N2C3CCC2c2cnc(N4CCOCC4)nc2C3)c1C. The highest BCUT2D eigenvalue weighted by molar-refractivity contribution is 5.96. The van der Waals surface area contributed by atoms with Gasteiger partial charge < -0.3 is 14.5 Å². The Kier molecular flexibility index (Phi) is 4.30. The molecule has 2 atom stereocenters. The quantitative estimate of drug-likeness (QED) is 0.805. The molecule has 2 saturated heterocycles. The van der Waals surface area contributed by atoms with Crippen molar-refractivity contribution in [3.63, 3.8) is 0 Å². The number of ether oxygens (including phenoxy) is 1. The summed E-state index contributed by atoms with van der Waals surface area (Å²) >= 11 is 0. The zero-order chi connectivity index (χ0) is 19.3. The van der Waals surface area contributed by atoms with Crippen LogP contribution in [0.3, 0.4) is 0 Å². The van der Waals surface area contributed by atoms with Crippen molar-refractivity contribution in [2.75, 3.05) is 31.2 Å². The third-order valence-electron chi connectivity index (χ3n) is 6.34. The maximum Gasteiger partial charge on any atom is 0.258 e. The van der Waals surface area contributed by atoms with Gasteiger partial charge >= 0.3 is 0 Å². The number of hydrogen-bond donors (Lipinski definition) is 0. The molecule has 0 N–H and O–H groups in total. The molecule has 5 heterocycles. The van der Waals surface area contributed by atoms with E-state index in [9.17, 15) is 4.79 Å². The lowest BCUT2D eigenvalue weighted by Crippen LogP contribution is -2.43. The predicted octanol–water partition coefficient (Wildman–Crippen LogP) is 1.74. The van der Waals surface area contributed by atoms with Crippen molar-refractivity contribution in [1.82, 2.24) is 24.6 Å². The van der Waals surface area contributed by atoms with Crippen LogP contribution in [0.2, 0.25) is 0 Å². The first-order chi connectivity index (χ1) is 13.7. The van der Waals surface area contributed by atoms with Crippen LogP contribution in [0.4, 0.5) is 5.95 Å². The summed E-state index contributed by atoms with van der Waals surface area (Å²) in [5.41, 5.74) is 3.87. The Morgan fingerprint density at radius 3 is 2.82 bits per heavy atom. The van der Waals surface area contributed by atoms with Crippen LogP contribution in [0.5, 0.6) is 0 Å². The van der Waals surface area contributed by atoms with E-state index in [4.69, 9.17) is 9.72 Å². The highest BCUT2D eigenvalue weighted by Crippen LogP contribution is 2.44. The number of nitrogens with zero attached hydrogens (tertiary/aromatic N) is 6. The summed E-state index contributed by atoms with van der Waals surface area (Å²) < 4.78 is 7.31. The van der Waals surface area contributed by atoms with Crippen molar-refractivity contribution < 1.29 is 9.53 Å². The van der Waals surface area contributed by atoms with Crippen molar-refractivity contribution in [3.05, 3.63) is 34.9 Å². The van der Waals surface area contributed by atoms with Crippen LogP contribution >= 0.6 is 0 Å². The van der Waals surface area contributed by atoms with E-state index >= 15 is 0 Å². The van der Waals surface area contributed by atoms with Crippen molar-refractivity contribution in [2.45, 2.75) is 51.7 Å². The van der Waals surface area contributed by atoms with Crippen molar-refractivity contribution in [2.24, 2.45) is 0 Å². The first kappa shape index (κ1) is 17.6. The summed E-state index contributed by atoms with van der Waals surface area (Å²) in [6.45, 7) is 7.89. The van der Waals surface area contributed by atoms with E-state index in [1.807, 2.05) is 24.7 Å². The molecule has 0 aromatic carbocycles. The molecule has 5 rings (SSSR count). The maximum atomic E-state index is 13.3. The van der Waals surface area contributed by atoms with Gasteiger partial charge in [-0.25, -0.2) is 9.97 Å². The smallest absolute Gasteiger partial charge is 0.258 e. The fourth-order valence-electron chi connectivity index (χ4n) is 4.81. The first-order valence-corrected chi connectivity index (χ1v) is 10.2. The minimum absolute atomic E-state index is 0.0735. The predicted molar refractivity (Wildman–Crippen MR) is 103 cm³/mol. The fourth-order valence-corrected chi connectivity index (χ4v) is 4.81. The zero-order valence-corrected chi connectivity index (χ0v) is 16.5. The van der Waals surface area contributed by atoms with E-state index in [1.165, 1.54) is 0 Å². The van der Waals surface area contributed by atoms with Crippen LogP contribution in [0.25, 0.3) is 0 Å². The molecule has 2 fully saturated rings. The minimum Gasteiger partial charge on any atom is -0.378 e. The zero-order valence-electron chi connectivity index (χ0n) is 16.5. The van der Waals surface area contributed by atoms with Gasteiger partial charge in [-0.3, -0.25) is 9.48 Å². The molecule has 148 valence electrons. The topological polar surface area (TPSA) is 76.4 Å². The molecule has 3 aliphatic heterocycles. The number of carbonyl (C=O) groups excluding carboxylic acids is 1. The molecule has 2 bridgehead atoms. The number of hydrogen-bond acceptors (Lipinski definition) is 6. The first-order valence-electron chi connectivity index (χ1n) is 10.2. The van der Waals surface area contributed by atoms with Gasteiger partial charge in [0.25, 0.3) is 5.91 Å². The lowest BCUT2D eigenvalue weighted by molar-refractivity contribution is 0.0642. The average molecular weight is 382 g/mol. The number of carbonyl (C=O) groups is 1. The molecule has 1 amide bonds. The van der Waals surface area contributed by atoms with E-state index in [1.54, 1.807) is 6.20 Å². The summed E-state index contributed by atoms with van der Waals surface area (Å²) in [4.78, 5) is 27.1. The molecule has 0 radical (unpaired) electrons. The minimum atomic E-state index is 0.0735. The van der Waals surface area contributed by atoms with E-state index in [-0.39, 0.29) is 18.0 Å². The molecule has 8 heteroatoms. The number of fused-ring (bicyclic) bond motifs is 4. The van der Waals surface area contributed by atoms with Crippen LogP contribution in [0.1, 0.15) is 53.1 Å². The summed E-state index contributed by atoms with van der Waals surface area (Å²) in [6, 6.07) is 0.284. The lowest BCUT2D eigenvalue weighted by Gasteiger charge is -2.36. The number of anilines is 1. The molecule has 2 aromatic rings. The Morgan fingerprint density at radius 2 is 2.07 bits per heavy atom. The molecular formula is C20H26N6O2. The van der Waals surface area contributed by atoms with E-state index < -0.39 is 0 Å². The Balaban J connectivity index is 1.44. The monoisotopic (exact) mass is 382 g/mol. The summed E-state index contributed by atoms with van der Waals surface area (Å²) in [6.07, 6.45) is 6.46. The lowest BCUT2D eigenvalue weighted by atomic mass is 9.98. The number of aromatic nitrogens is 4. The van der Waals surface area contributed by atoms with Gasteiger partial charge in [0.05, 0.1) is 36.7 Å². The second-order valence-corrected chi connectivity index (χ2v) is 7.79. The standard InChI is InChI=1S/C20H26N6O2/c1-3-25-13(2)15(12-22-25)19(27)26-14-4-5-18(26)16-11-21-20(23-17(16)10-14)24-6-8-28-9-7-24/h11-12,14,18H,3-10H2,1-2H3. The molecular weight excluding hydrogens is 356 g/mol. The maximum absolute atomic E-state index is 13.3. The molecule has 2 unspecified atom stereocenters. The van der Waals surface area contributed by atoms with Crippen LogP contribution in [-0.2, 0) is 17.7 Å². The summed E-state index contributed by atoms with van der Waals surface area (Å²) in [7, 11) is 0. The van der Waals surface area contributed by atoms with Gasteiger partial charge in [0, 0.05) is 49.6 Å². The molecule has 8 nitrogen and oxygen atoms in total. The number of rotatable bonds is 3. The average Bonchev–Trinajstić information content (AvgIpc) is 3.26. The fraction of sp³-hybridized carbons (Fsp3) is 0.600. The Labute approximate surface area is 164 Å². The van der Waals surface area contributed by atoms with Gasteiger partial charge in [0.15, 0.2) is 0 Å². The highest BCUT2D eigenvalue weighted by Gasteiger charge is 2.44. The molecule has 0 saturated carbocycles. The van der Waals surface area contributed by atoms with Gasteiger partial charge in [-0.2, -0.15) is 5.10 Å². The molecule has 0 aliphatic carbocycles. The van der Waals surface area contributed by atoms with Gasteiger partial charge in [-0.15, -0.1) is 0 Å². The molecule has 3 aliphatic rings. The van der Waals surface area contributed by atoms with Gasteiger partial charge in [0.1, 0.15) is 0 Å². The highest BCUT2D eigenvalue weighted by atomic mass is 16.5. The van der Waals surface area contributed by atoms with Gasteiger partial charge in [-0.1, -0.05) is 0 Å². The van der Waals surface area contributed by atoms with Crippen molar-refractivity contribution in [1.29, 1.82) is 0 Å². The van der Waals surface area contributed by atoms with Crippen LogP contribution in [0.15, 0.2) is 12.4 Å². The number of morpholine rings is 1. The van der Waals surface area contributed by atoms with Crippen molar-refractivity contribution >= 4 is 11.9 Å². The van der Waals surface area contributed by atoms with E-state index in [0.29, 0.717) is 5.56 Å². The third kappa shape index (κ3) is 2.70. The number of amides is 1. The van der Waals surface area contributed by atoms with Gasteiger partial charge in [-0.05, 0) is 26.7 Å². The Hall–Kier alpha value is -2.48. The van der Waals surface area contributed by atoms with Crippen molar-refractivity contribution in [3.8, 4) is 0 Å².